The Morgan fingerprint density at radius 3 is 2.65 bits per heavy atom. The van der Waals surface area contributed by atoms with Crippen LogP contribution in [0.4, 0.5) is 11.4 Å². The van der Waals surface area contributed by atoms with E-state index in [2.05, 4.69) is 4.99 Å². The smallest absolute Gasteiger partial charge is 0.0554 e. The predicted molar refractivity (Wildman–Crippen MR) is 73.5 cm³/mol. The van der Waals surface area contributed by atoms with Crippen molar-refractivity contribution in [3.63, 3.8) is 0 Å². The Kier molecular flexibility index (Phi) is 3.32. The van der Waals surface area contributed by atoms with E-state index in [1.165, 1.54) is 12.8 Å². The first-order chi connectivity index (χ1) is 8.20. The van der Waals surface area contributed by atoms with Gasteiger partial charge < -0.3 is 17.2 Å². The van der Waals surface area contributed by atoms with E-state index in [4.69, 9.17) is 17.2 Å². The van der Waals surface area contributed by atoms with E-state index in [0.717, 1.165) is 23.6 Å². The van der Waals surface area contributed by atoms with Gasteiger partial charge in [-0.1, -0.05) is 6.07 Å². The summed E-state index contributed by atoms with van der Waals surface area (Å²) in [5.41, 5.74) is 20.0. The first-order valence-electron chi connectivity index (χ1n) is 5.78. The second-order valence-corrected chi connectivity index (χ2v) is 4.40. The quantitative estimate of drug-likeness (QED) is 0.542. The molecule has 0 atom stereocenters. The van der Waals surface area contributed by atoms with Crippen molar-refractivity contribution in [2.75, 3.05) is 18.0 Å². The maximum Gasteiger partial charge on any atom is 0.0554 e. The van der Waals surface area contributed by atoms with Crippen LogP contribution in [0.5, 0.6) is 0 Å². The first-order valence-corrected chi connectivity index (χ1v) is 5.78. The third kappa shape index (κ3) is 3.00. The van der Waals surface area contributed by atoms with Crippen LogP contribution < -0.4 is 17.2 Å². The molecule has 0 spiro atoms. The van der Waals surface area contributed by atoms with Crippen LogP contribution in [-0.4, -0.2) is 12.8 Å². The fourth-order valence-corrected chi connectivity index (χ4v) is 1.57. The van der Waals surface area contributed by atoms with Crippen molar-refractivity contribution in [3.05, 3.63) is 30.0 Å². The molecule has 1 fully saturated rings. The fourth-order valence-electron chi connectivity index (χ4n) is 1.57. The number of hydrogen-bond acceptors (Lipinski definition) is 4. The lowest BCUT2D eigenvalue weighted by molar-refractivity contribution is 0.852. The molecule has 1 saturated carbocycles. The molecule has 6 N–H and O–H groups in total. The Balaban J connectivity index is 2.11. The number of nitrogens with two attached hydrogens (primary N) is 3. The molecule has 90 valence electrons. The molecule has 2 rings (SSSR count). The molecular weight excluding hydrogens is 212 g/mol. The van der Waals surface area contributed by atoms with Gasteiger partial charge in [0.2, 0.25) is 0 Å². The average molecular weight is 230 g/mol. The van der Waals surface area contributed by atoms with Crippen LogP contribution in [0.25, 0.3) is 5.57 Å². The van der Waals surface area contributed by atoms with Gasteiger partial charge in [-0.3, -0.25) is 4.99 Å². The molecule has 1 aromatic rings. The lowest BCUT2D eigenvalue weighted by Gasteiger charge is -2.05. The average Bonchev–Trinajstić information content (AvgIpc) is 3.12. The number of allylic oxidation sites excluding steroid dienone is 1. The second-order valence-electron chi connectivity index (χ2n) is 4.40. The van der Waals surface area contributed by atoms with Gasteiger partial charge in [0, 0.05) is 24.5 Å². The summed E-state index contributed by atoms with van der Waals surface area (Å²) < 4.78 is 0. The van der Waals surface area contributed by atoms with Crippen LogP contribution in [0, 0.1) is 5.92 Å². The number of anilines is 2. The van der Waals surface area contributed by atoms with E-state index in [-0.39, 0.29) is 0 Å². The van der Waals surface area contributed by atoms with Crippen molar-refractivity contribution >= 4 is 23.2 Å². The molecule has 1 aliphatic carbocycles. The molecule has 0 bridgehead atoms. The van der Waals surface area contributed by atoms with Crippen LogP contribution in [0.15, 0.2) is 29.4 Å². The maximum absolute atomic E-state index is 5.76. The summed E-state index contributed by atoms with van der Waals surface area (Å²) in [7, 11) is 0. The summed E-state index contributed by atoms with van der Waals surface area (Å²) in [5.74, 6) is 0.779. The fraction of sp³-hybridized carbons (Fsp3) is 0.308. The molecular formula is C13H18N4. The van der Waals surface area contributed by atoms with Crippen LogP contribution in [0.2, 0.25) is 0 Å². The van der Waals surface area contributed by atoms with Crippen molar-refractivity contribution in [2.45, 2.75) is 12.8 Å². The molecule has 4 nitrogen and oxygen atoms in total. The lowest BCUT2D eigenvalue weighted by Crippen LogP contribution is -1.98. The summed E-state index contributed by atoms with van der Waals surface area (Å²) in [6.45, 7) is 0.891. The van der Waals surface area contributed by atoms with E-state index < -0.39 is 0 Å². The minimum absolute atomic E-state index is 0.567. The van der Waals surface area contributed by atoms with Crippen molar-refractivity contribution in [3.8, 4) is 0 Å². The highest BCUT2D eigenvalue weighted by Gasteiger charge is 2.19. The Bertz CT molecular complexity index is 458. The zero-order valence-electron chi connectivity index (χ0n) is 9.76. The molecule has 17 heavy (non-hydrogen) atoms. The first kappa shape index (κ1) is 11.5. The normalized spacial score (nSPS) is 16.6. The number of hydrogen-bond donors (Lipinski definition) is 3. The Morgan fingerprint density at radius 2 is 2.06 bits per heavy atom. The van der Waals surface area contributed by atoms with Gasteiger partial charge in [0.15, 0.2) is 0 Å². The van der Waals surface area contributed by atoms with Crippen molar-refractivity contribution < 1.29 is 0 Å². The topological polar surface area (TPSA) is 90.4 Å². The van der Waals surface area contributed by atoms with Gasteiger partial charge in [-0.15, -0.1) is 0 Å². The van der Waals surface area contributed by atoms with Crippen LogP contribution in [0.1, 0.15) is 18.4 Å². The predicted octanol–water partition coefficient (Wildman–Crippen LogP) is 1.63. The molecule has 0 aliphatic heterocycles. The van der Waals surface area contributed by atoms with E-state index >= 15 is 0 Å². The minimum atomic E-state index is 0.567. The highest BCUT2D eigenvalue weighted by Crippen LogP contribution is 2.29. The molecule has 0 heterocycles. The van der Waals surface area contributed by atoms with Gasteiger partial charge in [-0.25, -0.2) is 0 Å². The van der Waals surface area contributed by atoms with Crippen LogP contribution in [-0.2, 0) is 0 Å². The van der Waals surface area contributed by atoms with Crippen molar-refractivity contribution in [1.29, 1.82) is 0 Å². The van der Waals surface area contributed by atoms with E-state index in [9.17, 15) is 0 Å². The third-order valence-electron chi connectivity index (χ3n) is 2.89. The van der Waals surface area contributed by atoms with Gasteiger partial charge in [0.1, 0.15) is 0 Å². The molecule has 0 saturated heterocycles. The van der Waals surface area contributed by atoms with Crippen molar-refractivity contribution in [2.24, 2.45) is 16.6 Å². The second kappa shape index (κ2) is 4.91. The summed E-state index contributed by atoms with van der Waals surface area (Å²) in [6.07, 6.45) is 5.95. The number of rotatable bonds is 4. The number of nitrogen functional groups attached to an aromatic ring is 2. The Morgan fingerprint density at radius 1 is 1.29 bits per heavy atom. The molecule has 1 aromatic carbocycles. The standard InChI is InChI=1S/C13H18N4/c14-6-11(8-17-7-9-1-2-9)10-3-4-12(15)13(16)5-10/h3-6,8-9H,1-2,7,14-16H2. The zero-order chi connectivity index (χ0) is 12.3. The molecule has 0 amide bonds. The minimum Gasteiger partial charge on any atom is -0.404 e. The van der Waals surface area contributed by atoms with E-state index in [1.807, 2.05) is 18.3 Å². The number of benzene rings is 1. The van der Waals surface area contributed by atoms with Crippen LogP contribution in [0.3, 0.4) is 0 Å². The SMILES string of the molecule is NC=C(C=NCC1CC1)c1ccc(N)c(N)c1. The van der Waals surface area contributed by atoms with Crippen LogP contribution >= 0.6 is 0 Å². The van der Waals surface area contributed by atoms with Gasteiger partial charge in [0.05, 0.1) is 11.4 Å². The maximum atomic E-state index is 5.76. The van der Waals surface area contributed by atoms with Gasteiger partial charge in [-0.05, 0) is 36.5 Å². The summed E-state index contributed by atoms with van der Waals surface area (Å²) >= 11 is 0. The zero-order valence-corrected chi connectivity index (χ0v) is 9.76. The summed E-state index contributed by atoms with van der Waals surface area (Å²) in [5, 5.41) is 0. The van der Waals surface area contributed by atoms with Gasteiger partial charge in [-0.2, -0.15) is 0 Å². The number of aliphatic imine (C=N–C) groups is 1. The highest BCUT2D eigenvalue weighted by atomic mass is 14.7. The summed E-state index contributed by atoms with van der Waals surface area (Å²) in [4.78, 5) is 4.39. The highest BCUT2D eigenvalue weighted by molar-refractivity contribution is 6.10. The number of nitrogens with zero attached hydrogens (tertiary/aromatic N) is 1. The lowest BCUT2D eigenvalue weighted by atomic mass is 10.1. The van der Waals surface area contributed by atoms with Gasteiger partial charge in [0.25, 0.3) is 0 Å². The molecule has 0 aromatic heterocycles. The van der Waals surface area contributed by atoms with Crippen molar-refractivity contribution in [1.82, 2.24) is 0 Å². The molecule has 4 heteroatoms. The van der Waals surface area contributed by atoms with E-state index in [0.29, 0.717) is 11.4 Å². The van der Waals surface area contributed by atoms with E-state index in [1.54, 1.807) is 12.3 Å². The molecule has 0 radical (unpaired) electrons. The molecule has 0 unspecified atom stereocenters. The Hall–Kier alpha value is -1.97. The molecule has 1 aliphatic rings. The Labute approximate surface area is 101 Å². The monoisotopic (exact) mass is 230 g/mol. The summed E-state index contributed by atoms with van der Waals surface area (Å²) in [6, 6.07) is 5.49. The van der Waals surface area contributed by atoms with Gasteiger partial charge >= 0.3 is 0 Å². The largest absolute Gasteiger partial charge is 0.404 e. The third-order valence-corrected chi connectivity index (χ3v) is 2.89.